The maximum Gasteiger partial charge on any atom is 0.337 e. The number of halogens is 1. The largest absolute Gasteiger partial charge is 0.486 e. The topological polar surface area (TPSA) is 100 Å². The van der Waals surface area contributed by atoms with Crippen LogP contribution in [0.25, 0.3) is 0 Å². The average Bonchev–Trinajstić information content (AvgIpc) is 2.77. The van der Waals surface area contributed by atoms with Crippen molar-refractivity contribution in [2.45, 2.75) is 24.3 Å². The third-order valence-electron chi connectivity index (χ3n) is 4.46. The number of methoxy groups -OCH3 is 1. The number of rotatable bonds is 6. The Kier molecular flexibility index (Phi) is 7.19. The van der Waals surface area contributed by atoms with Gasteiger partial charge in [-0.2, -0.15) is 0 Å². The summed E-state index contributed by atoms with van der Waals surface area (Å²) in [4.78, 5) is 11.7. The molecule has 0 spiro atoms. The highest BCUT2D eigenvalue weighted by Crippen LogP contribution is 2.33. The van der Waals surface area contributed by atoms with E-state index in [0.29, 0.717) is 35.3 Å². The van der Waals surface area contributed by atoms with Crippen molar-refractivity contribution in [2.24, 2.45) is 0 Å². The molecule has 0 bridgehead atoms. The second-order valence-electron chi connectivity index (χ2n) is 7.19. The molecule has 0 atom stereocenters. The third kappa shape index (κ3) is 5.65. The van der Waals surface area contributed by atoms with E-state index < -0.39 is 21.6 Å². The van der Waals surface area contributed by atoms with Gasteiger partial charge in [0.15, 0.2) is 17.1 Å². The second kappa shape index (κ2) is 9.69. The van der Waals surface area contributed by atoms with Crippen LogP contribution in [0.1, 0.15) is 19.4 Å². The Balaban J connectivity index is 1.80. The molecule has 1 aliphatic heterocycles. The summed E-state index contributed by atoms with van der Waals surface area (Å²) in [6.07, 6.45) is 0. The number of anilines is 1. The standard InChI is InChI=1S/C22H22ClNO7S/c1-22(2,21(25)28-3)31-10-4-5-15-13-16(23)6-8-18(15)24-32(26,27)17-7-9-19-20(14-17)30-12-11-29-19/h6-9,13-14,24H,10-12H2,1-3H3. The van der Waals surface area contributed by atoms with Crippen LogP contribution in [0, 0.1) is 11.8 Å². The smallest absolute Gasteiger partial charge is 0.337 e. The van der Waals surface area contributed by atoms with E-state index in [1.165, 1.54) is 31.4 Å². The summed E-state index contributed by atoms with van der Waals surface area (Å²) in [5.41, 5.74) is -0.581. The summed E-state index contributed by atoms with van der Waals surface area (Å²) in [6, 6.07) is 8.97. The quantitative estimate of drug-likeness (QED) is 0.501. The molecule has 1 heterocycles. The van der Waals surface area contributed by atoms with Gasteiger partial charge in [-0.15, -0.1) is 0 Å². The lowest BCUT2D eigenvalue weighted by atomic mass is 10.1. The first kappa shape index (κ1) is 23.7. The van der Waals surface area contributed by atoms with Gasteiger partial charge in [-0.1, -0.05) is 23.4 Å². The normalized spacial score (nSPS) is 13.0. The van der Waals surface area contributed by atoms with E-state index in [9.17, 15) is 13.2 Å². The Morgan fingerprint density at radius 2 is 1.88 bits per heavy atom. The number of fused-ring (bicyclic) bond motifs is 1. The Morgan fingerprint density at radius 1 is 1.16 bits per heavy atom. The van der Waals surface area contributed by atoms with Crippen LogP contribution < -0.4 is 14.2 Å². The van der Waals surface area contributed by atoms with E-state index in [1.54, 1.807) is 26.0 Å². The molecule has 32 heavy (non-hydrogen) atoms. The fraction of sp³-hybridized carbons (Fsp3) is 0.318. The van der Waals surface area contributed by atoms with Gasteiger partial charge >= 0.3 is 5.97 Å². The lowest BCUT2D eigenvalue weighted by Crippen LogP contribution is -2.36. The summed E-state index contributed by atoms with van der Waals surface area (Å²) < 4.78 is 49.4. The van der Waals surface area contributed by atoms with E-state index in [2.05, 4.69) is 21.3 Å². The zero-order valence-corrected chi connectivity index (χ0v) is 19.3. The van der Waals surface area contributed by atoms with Gasteiger partial charge in [-0.3, -0.25) is 4.72 Å². The molecule has 2 aromatic carbocycles. The lowest BCUT2D eigenvalue weighted by molar-refractivity contribution is -0.163. The molecular formula is C22H22ClNO7S. The molecule has 1 N–H and O–H groups in total. The molecule has 3 rings (SSSR count). The van der Waals surface area contributed by atoms with Crippen LogP contribution >= 0.6 is 11.6 Å². The first-order chi connectivity index (χ1) is 15.1. The van der Waals surface area contributed by atoms with Crippen molar-refractivity contribution in [3.05, 3.63) is 47.0 Å². The maximum absolute atomic E-state index is 12.9. The van der Waals surface area contributed by atoms with Gasteiger partial charge in [0.25, 0.3) is 10.0 Å². The summed E-state index contributed by atoms with van der Waals surface area (Å²) in [5.74, 6) is 5.90. The molecule has 0 amide bonds. The number of benzene rings is 2. The number of carbonyl (C=O) groups is 1. The highest BCUT2D eigenvalue weighted by atomic mass is 35.5. The fourth-order valence-corrected chi connectivity index (χ4v) is 4.02. The van der Waals surface area contributed by atoms with Gasteiger partial charge in [0.05, 0.1) is 23.3 Å². The molecule has 0 aromatic heterocycles. The van der Waals surface area contributed by atoms with Gasteiger partial charge in [-0.25, -0.2) is 13.2 Å². The molecule has 1 aliphatic rings. The number of carbonyl (C=O) groups excluding carboxylic acids is 1. The monoisotopic (exact) mass is 479 g/mol. The fourth-order valence-electron chi connectivity index (χ4n) is 2.76. The molecule has 0 saturated carbocycles. The van der Waals surface area contributed by atoms with E-state index in [4.69, 9.17) is 25.8 Å². The summed E-state index contributed by atoms with van der Waals surface area (Å²) >= 11 is 6.06. The van der Waals surface area contributed by atoms with Crippen LogP contribution in [-0.2, 0) is 24.3 Å². The second-order valence-corrected chi connectivity index (χ2v) is 9.31. The van der Waals surface area contributed by atoms with Gasteiger partial charge < -0.3 is 18.9 Å². The minimum Gasteiger partial charge on any atom is -0.486 e. The van der Waals surface area contributed by atoms with Gasteiger partial charge in [0, 0.05) is 11.1 Å². The molecule has 0 unspecified atom stereocenters. The number of nitrogens with one attached hydrogen (secondary N) is 1. The van der Waals surface area contributed by atoms with Crippen LogP contribution in [0.2, 0.25) is 5.02 Å². The molecule has 0 radical (unpaired) electrons. The SMILES string of the molecule is COC(=O)C(C)(C)OCC#Cc1cc(Cl)ccc1NS(=O)(=O)c1ccc2c(c1)OCCO2. The highest BCUT2D eigenvalue weighted by Gasteiger charge is 2.29. The first-order valence-corrected chi connectivity index (χ1v) is 11.4. The summed E-state index contributed by atoms with van der Waals surface area (Å²) in [5, 5.41) is 0.382. The van der Waals surface area contributed by atoms with E-state index in [-0.39, 0.29) is 17.2 Å². The van der Waals surface area contributed by atoms with Gasteiger partial charge in [-0.05, 0) is 44.2 Å². The zero-order chi connectivity index (χ0) is 23.4. The predicted molar refractivity (Wildman–Crippen MR) is 119 cm³/mol. The van der Waals surface area contributed by atoms with Crippen LogP contribution in [0.3, 0.4) is 0 Å². The van der Waals surface area contributed by atoms with Crippen molar-refractivity contribution in [3.8, 4) is 23.3 Å². The molecule has 0 aliphatic carbocycles. The number of hydrogen-bond donors (Lipinski definition) is 1. The van der Waals surface area contributed by atoms with E-state index in [1.807, 2.05) is 0 Å². The Morgan fingerprint density at radius 3 is 2.59 bits per heavy atom. The molecule has 2 aromatic rings. The molecule has 8 nitrogen and oxygen atoms in total. The van der Waals surface area contributed by atoms with Crippen molar-refractivity contribution in [1.29, 1.82) is 0 Å². The van der Waals surface area contributed by atoms with Crippen molar-refractivity contribution < 1.29 is 32.2 Å². The van der Waals surface area contributed by atoms with Crippen LogP contribution in [-0.4, -0.2) is 46.9 Å². The first-order valence-electron chi connectivity index (χ1n) is 9.56. The third-order valence-corrected chi connectivity index (χ3v) is 6.05. The van der Waals surface area contributed by atoms with Crippen molar-refractivity contribution in [1.82, 2.24) is 0 Å². The number of sulfonamides is 1. The minimum absolute atomic E-state index is 0.0128. The minimum atomic E-state index is -3.94. The van der Waals surface area contributed by atoms with E-state index in [0.717, 1.165) is 0 Å². The molecule has 0 saturated heterocycles. The molecule has 0 fully saturated rings. The van der Waals surface area contributed by atoms with Gasteiger partial charge in [0.2, 0.25) is 0 Å². The Labute approximate surface area is 191 Å². The maximum atomic E-state index is 12.9. The van der Waals surface area contributed by atoms with Crippen molar-refractivity contribution in [2.75, 3.05) is 31.7 Å². The van der Waals surface area contributed by atoms with Crippen LogP contribution in [0.5, 0.6) is 11.5 Å². The predicted octanol–water partition coefficient (Wildman–Crippen LogP) is 3.23. The van der Waals surface area contributed by atoms with Gasteiger partial charge in [0.1, 0.15) is 19.8 Å². The number of ether oxygens (including phenoxy) is 4. The van der Waals surface area contributed by atoms with Crippen molar-refractivity contribution >= 4 is 33.3 Å². The number of esters is 1. The molecular weight excluding hydrogens is 458 g/mol. The zero-order valence-electron chi connectivity index (χ0n) is 17.7. The highest BCUT2D eigenvalue weighted by molar-refractivity contribution is 7.92. The Hall–Kier alpha value is -2.93. The van der Waals surface area contributed by atoms with Crippen LogP contribution in [0.4, 0.5) is 5.69 Å². The van der Waals surface area contributed by atoms with Crippen molar-refractivity contribution in [3.63, 3.8) is 0 Å². The molecule has 170 valence electrons. The summed E-state index contributed by atoms with van der Waals surface area (Å²) in [7, 11) is -2.67. The average molecular weight is 480 g/mol. The lowest BCUT2D eigenvalue weighted by Gasteiger charge is -2.20. The number of hydrogen-bond acceptors (Lipinski definition) is 7. The van der Waals surface area contributed by atoms with E-state index >= 15 is 0 Å². The molecule has 10 heteroatoms. The Bertz CT molecular complexity index is 1180. The van der Waals surface area contributed by atoms with Crippen LogP contribution in [0.15, 0.2) is 41.3 Å². The summed E-state index contributed by atoms with van der Waals surface area (Å²) in [6.45, 7) is 3.79.